The summed E-state index contributed by atoms with van der Waals surface area (Å²) in [6.07, 6.45) is 2.41. The zero-order valence-corrected chi connectivity index (χ0v) is 11.9. The van der Waals surface area contributed by atoms with E-state index in [0.29, 0.717) is 6.04 Å². The fraction of sp³-hybridized carbons (Fsp3) is 0.714. The highest BCUT2D eigenvalue weighted by molar-refractivity contribution is 7.12. The molecule has 2 rings (SSSR count). The Morgan fingerprint density at radius 3 is 2.71 bits per heavy atom. The molecule has 1 aromatic heterocycles. The second-order valence-corrected chi connectivity index (χ2v) is 6.52. The maximum atomic E-state index is 5.41. The van der Waals surface area contributed by atoms with E-state index in [-0.39, 0.29) is 0 Å². The number of thiophene rings is 1. The summed E-state index contributed by atoms with van der Waals surface area (Å²) in [6, 6.07) is 2.91. The first-order valence-corrected chi connectivity index (χ1v) is 7.35. The molecular formula is C14H23NOS. The van der Waals surface area contributed by atoms with Gasteiger partial charge in [-0.25, -0.2) is 0 Å². The van der Waals surface area contributed by atoms with Crippen molar-refractivity contribution in [2.45, 2.75) is 46.2 Å². The summed E-state index contributed by atoms with van der Waals surface area (Å²) in [7, 11) is 0. The average molecular weight is 253 g/mol. The smallest absolute Gasteiger partial charge is 0.0469 e. The van der Waals surface area contributed by atoms with Crippen LogP contribution in [0.1, 0.15) is 35.1 Å². The Bertz CT molecular complexity index is 355. The summed E-state index contributed by atoms with van der Waals surface area (Å²) >= 11 is 1.90. The molecular weight excluding hydrogens is 230 g/mol. The molecule has 1 fully saturated rings. The molecule has 1 N–H and O–H groups in total. The molecule has 0 saturated carbocycles. The van der Waals surface area contributed by atoms with E-state index in [2.05, 4.69) is 32.2 Å². The Labute approximate surface area is 108 Å². The van der Waals surface area contributed by atoms with Crippen molar-refractivity contribution in [2.24, 2.45) is 5.92 Å². The van der Waals surface area contributed by atoms with Gasteiger partial charge in [0, 0.05) is 35.6 Å². The first kappa shape index (κ1) is 13.1. The molecule has 0 spiro atoms. The second-order valence-electron chi connectivity index (χ2n) is 5.06. The first-order chi connectivity index (χ1) is 8.16. The van der Waals surface area contributed by atoms with Crippen LogP contribution in [0.4, 0.5) is 0 Å². The number of rotatable bonds is 4. The lowest BCUT2D eigenvalue weighted by Gasteiger charge is -2.28. The molecule has 1 aliphatic heterocycles. The molecule has 2 heterocycles. The van der Waals surface area contributed by atoms with E-state index in [4.69, 9.17) is 4.74 Å². The molecule has 0 aromatic carbocycles. The van der Waals surface area contributed by atoms with Crippen LogP contribution in [0.3, 0.4) is 0 Å². The second kappa shape index (κ2) is 5.98. The summed E-state index contributed by atoms with van der Waals surface area (Å²) in [5.74, 6) is 0.781. The van der Waals surface area contributed by atoms with Crippen LogP contribution in [-0.4, -0.2) is 19.3 Å². The number of ether oxygens (including phenoxy) is 1. The van der Waals surface area contributed by atoms with E-state index in [9.17, 15) is 0 Å². The van der Waals surface area contributed by atoms with Gasteiger partial charge in [0.2, 0.25) is 0 Å². The van der Waals surface area contributed by atoms with Crippen molar-refractivity contribution in [2.75, 3.05) is 13.2 Å². The Balaban J connectivity index is 1.82. The summed E-state index contributed by atoms with van der Waals surface area (Å²) in [5, 5.41) is 3.67. The highest BCUT2D eigenvalue weighted by atomic mass is 32.1. The fourth-order valence-corrected chi connectivity index (χ4v) is 3.46. The van der Waals surface area contributed by atoms with E-state index in [1.807, 2.05) is 11.3 Å². The maximum absolute atomic E-state index is 5.41. The molecule has 0 bridgehead atoms. The minimum Gasteiger partial charge on any atom is -0.381 e. The largest absolute Gasteiger partial charge is 0.381 e. The standard InChI is InChI=1S/C14H23NOS/c1-10-8-14(12(3)17-10)9-15-11(2)13-4-6-16-7-5-13/h8,11,13,15H,4-7,9H2,1-3H3. The van der Waals surface area contributed by atoms with E-state index >= 15 is 0 Å². The third-order valence-electron chi connectivity index (χ3n) is 3.73. The van der Waals surface area contributed by atoms with Crippen molar-refractivity contribution in [3.8, 4) is 0 Å². The molecule has 1 saturated heterocycles. The van der Waals surface area contributed by atoms with E-state index < -0.39 is 0 Å². The van der Waals surface area contributed by atoms with Gasteiger partial charge in [0.05, 0.1) is 0 Å². The molecule has 1 atom stereocenters. The minimum absolute atomic E-state index is 0.596. The summed E-state index contributed by atoms with van der Waals surface area (Å²) in [4.78, 5) is 2.87. The SMILES string of the molecule is Cc1cc(CNC(C)C2CCOCC2)c(C)s1. The highest BCUT2D eigenvalue weighted by Gasteiger charge is 2.20. The Kier molecular flexibility index (Phi) is 4.60. The zero-order chi connectivity index (χ0) is 12.3. The monoisotopic (exact) mass is 253 g/mol. The van der Waals surface area contributed by atoms with Crippen molar-refractivity contribution in [3.05, 3.63) is 21.4 Å². The van der Waals surface area contributed by atoms with E-state index in [1.54, 1.807) is 0 Å². The van der Waals surface area contributed by atoms with Crippen molar-refractivity contribution in [1.82, 2.24) is 5.32 Å². The molecule has 1 unspecified atom stereocenters. The molecule has 0 radical (unpaired) electrons. The van der Waals surface area contributed by atoms with Crippen LogP contribution in [-0.2, 0) is 11.3 Å². The normalized spacial score (nSPS) is 19.5. The quantitative estimate of drug-likeness (QED) is 0.889. The average Bonchev–Trinajstić information content (AvgIpc) is 2.66. The molecule has 1 aliphatic rings. The summed E-state index contributed by atoms with van der Waals surface area (Å²) < 4.78 is 5.41. The molecule has 0 amide bonds. The summed E-state index contributed by atoms with van der Waals surface area (Å²) in [6.45, 7) is 9.59. The predicted octanol–water partition coefficient (Wildman–Crippen LogP) is 3.27. The van der Waals surface area contributed by atoms with Crippen LogP contribution in [0.5, 0.6) is 0 Å². The number of nitrogens with one attached hydrogen (secondary N) is 1. The topological polar surface area (TPSA) is 21.3 Å². The molecule has 2 nitrogen and oxygen atoms in total. The van der Waals surface area contributed by atoms with E-state index in [1.165, 1.54) is 28.2 Å². The van der Waals surface area contributed by atoms with Gasteiger partial charge in [0.1, 0.15) is 0 Å². The lowest BCUT2D eigenvalue weighted by atomic mass is 9.93. The lowest BCUT2D eigenvalue weighted by Crippen LogP contribution is -2.36. The third kappa shape index (κ3) is 3.54. The van der Waals surface area contributed by atoms with Crippen molar-refractivity contribution in [1.29, 1.82) is 0 Å². The van der Waals surface area contributed by atoms with Crippen molar-refractivity contribution >= 4 is 11.3 Å². The van der Waals surface area contributed by atoms with Gasteiger partial charge >= 0.3 is 0 Å². The van der Waals surface area contributed by atoms with Crippen molar-refractivity contribution < 1.29 is 4.74 Å². The Morgan fingerprint density at radius 1 is 1.41 bits per heavy atom. The van der Waals surface area contributed by atoms with Gasteiger partial charge < -0.3 is 10.1 Å². The van der Waals surface area contributed by atoms with Crippen LogP contribution in [0.25, 0.3) is 0 Å². The maximum Gasteiger partial charge on any atom is 0.0469 e. The van der Waals surface area contributed by atoms with Gasteiger partial charge in [-0.1, -0.05) is 0 Å². The predicted molar refractivity (Wildman–Crippen MR) is 73.6 cm³/mol. The first-order valence-electron chi connectivity index (χ1n) is 6.54. The molecule has 3 heteroatoms. The zero-order valence-electron chi connectivity index (χ0n) is 11.1. The summed E-state index contributed by atoms with van der Waals surface area (Å²) in [5.41, 5.74) is 1.46. The fourth-order valence-electron chi connectivity index (χ4n) is 2.51. The van der Waals surface area contributed by atoms with Crippen LogP contribution in [0.15, 0.2) is 6.07 Å². The Hall–Kier alpha value is -0.380. The van der Waals surface area contributed by atoms with Crippen molar-refractivity contribution in [3.63, 3.8) is 0 Å². The van der Waals surface area contributed by atoms with Gasteiger partial charge in [-0.15, -0.1) is 11.3 Å². The Morgan fingerprint density at radius 2 is 2.12 bits per heavy atom. The third-order valence-corrected chi connectivity index (χ3v) is 4.74. The van der Waals surface area contributed by atoms with Crippen LogP contribution >= 0.6 is 11.3 Å². The van der Waals surface area contributed by atoms with Gasteiger partial charge in [0.25, 0.3) is 0 Å². The molecule has 96 valence electrons. The van der Waals surface area contributed by atoms with Crippen LogP contribution in [0.2, 0.25) is 0 Å². The molecule has 1 aromatic rings. The number of aryl methyl sites for hydroxylation is 2. The number of hydrogen-bond donors (Lipinski definition) is 1. The van der Waals surface area contributed by atoms with Gasteiger partial charge in [0.15, 0.2) is 0 Å². The van der Waals surface area contributed by atoms with Crippen LogP contribution in [0, 0.1) is 19.8 Å². The van der Waals surface area contributed by atoms with E-state index in [0.717, 1.165) is 25.7 Å². The molecule has 0 aliphatic carbocycles. The van der Waals surface area contributed by atoms with Gasteiger partial charge in [-0.05, 0) is 51.2 Å². The van der Waals surface area contributed by atoms with Gasteiger partial charge in [-0.3, -0.25) is 0 Å². The number of hydrogen-bond acceptors (Lipinski definition) is 3. The lowest BCUT2D eigenvalue weighted by molar-refractivity contribution is 0.0558. The minimum atomic E-state index is 0.596. The highest BCUT2D eigenvalue weighted by Crippen LogP contribution is 2.22. The van der Waals surface area contributed by atoms with Gasteiger partial charge in [-0.2, -0.15) is 0 Å². The molecule has 17 heavy (non-hydrogen) atoms. The van der Waals surface area contributed by atoms with Crippen LogP contribution < -0.4 is 5.32 Å².